The van der Waals surface area contributed by atoms with E-state index in [-0.39, 0.29) is 18.1 Å². The van der Waals surface area contributed by atoms with Gasteiger partial charge in [-0.2, -0.15) is 0 Å². The molecule has 1 atom stereocenters. The van der Waals surface area contributed by atoms with E-state index in [0.717, 1.165) is 12.8 Å². The molecule has 0 aromatic heterocycles. The number of carbonyl (C=O) groups excluding carboxylic acids is 1. The molecule has 0 saturated heterocycles. The lowest BCUT2D eigenvalue weighted by Gasteiger charge is -2.29. The first-order valence-electron chi connectivity index (χ1n) is 6.72. The van der Waals surface area contributed by atoms with Crippen LogP contribution in [0.15, 0.2) is 24.3 Å². The Bertz CT molecular complexity index is 502. The first-order chi connectivity index (χ1) is 9.13. The number of hydrogen-bond acceptors (Lipinski definition) is 1. The summed E-state index contributed by atoms with van der Waals surface area (Å²) in [4.78, 5) is 14.0. The zero-order chi connectivity index (χ0) is 13.8. The van der Waals surface area contributed by atoms with Crippen molar-refractivity contribution in [3.05, 3.63) is 35.4 Å². The SMILES string of the molecule is C#CCN(C(=O)NC(C)C)[C@@H]1CCc2ccccc21. The van der Waals surface area contributed by atoms with Crippen molar-refractivity contribution in [2.75, 3.05) is 6.54 Å². The van der Waals surface area contributed by atoms with Gasteiger partial charge in [0.15, 0.2) is 0 Å². The van der Waals surface area contributed by atoms with E-state index in [2.05, 4.69) is 23.4 Å². The van der Waals surface area contributed by atoms with Crippen molar-refractivity contribution < 1.29 is 4.79 Å². The molecular formula is C16H20N2O. The fourth-order valence-electron chi connectivity index (χ4n) is 2.61. The highest BCUT2D eigenvalue weighted by atomic mass is 16.2. The highest BCUT2D eigenvalue weighted by molar-refractivity contribution is 5.75. The van der Waals surface area contributed by atoms with Gasteiger partial charge in [-0.3, -0.25) is 0 Å². The number of hydrogen-bond donors (Lipinski definition) is 1. The zero-order valence-corrected chi connectivity index (χ0v) is 11.5. The van der Waals surface area contributed by atoms with Crippen molar-refractivity contribution in [2.45, 2.75) is 38.8 Å². The van der Waals surface area contributed by atoms with Crippen LogP contribution in [0.4, 0.5) is 4.79 Å². The summed E-state index contributed by atoms with van der Waals surface area (Å²) in [6.07, 6.45) is 7.38. The molecule has 19 heavy (non-hydrogen) atoms. The molecule has 3 nitrogen and oxygen atoms in total. The van der Waals surface area contributed by atoms with Crippen molar-refractivity contribution in [2.24, 2.45) is 0 Å². The summed E-state index contributed by atoms with van der Waals surface area (Å²) >= 11 is 0. The molecular weight excluding hydrogens is 236 g/mol. The van der Waals surface area contributed by atoms with Crippen LogP contribution >= 0.6 is 0 Å². The van der Waals surface area contributed by atoms with Gasteiger partial charge in [-0.25, -0.2) is 4.79 Å². The van der Waals surface area contributed by atoms with Gasteiger partial charge in [-0.15, -0.1) is 6.42 Å². The number of nitrogens with one attached hydrogen (secondary N) is 1. The first kappa shape index (κ1) is 13.5. The predicted molar refractivity (Wildman–Crippen MR) is 76.7 cm³/mol. The lowest BCUT2D eigenvalue weighted by Crippen LogP contribution is -2.44. The second-order valence-corrected chi connectivity index (χ2v) is 5.19. The van der Waals surface area contributed by atoms with Crippen molar-refractivity contribution in [1.29, 1.82) is 0 Å². The van der Waals surface area contributed by atoms with Crippen LogP contribution in [0, 0.1) is 12.3 Å². The number of terminal acetylenes is 1. The van der Waals surface area contributed by atoms with Crippen molar-refractivity contribution >= 4 is 6.03 Å². The Balaban J connectivity index is 2.22. The Morgan fingerprint density at radius 1 is 1.53 bits per heavy atom. The van der Waals surface area contributed by atoms with Crippen LogP contribution in [0.2, 0.25) is 0 Å². The molecule has 1 aliphatic rings. The Labute approximate surface area is 115 Å². The quantitative estimate of drug-likeness (QED) is 0.829. The normalized spacial score (nSPS) is 16.8. The van der Waals surface area contributed by atoms with Crippen LogP contribution in [0.1, 0.15) is 37.4 Å². The minimum Gasteiger partial charge on any atom is -0.336 e. The third-order valence-corrected chi connectivity index (χ3v) is 3.41. The molecule has 1 aromatic rings. The standard InChI is InChI=1S/C16H20N2O/c1-4-11-18(16(19)17-12(2)3)15-10-9-13-7-5-6-8-14(13)15/h1,5-8,12,15H,9-11H2,2-3H3,(H,17,19)/t15-/m1/s1. The molecule has 0 radical (unpaired) electrons. The average molecular weight is 256 g/mol. The molecule has 2 amide bonds. The summed E-state index contributed by atoms with van der Waals surface area (Å²) in [5, 5.41) is 2.93. The lowest BCUT2D eigenvalue weighted by atomic mass is 10.1. The van der Waals surface area contributed by atoms with Gasteiger partial charge < -0.3 is 10.2 Å². The van der Waals surface area contributed by atoms with E-state index >= 15 is 0 Å². The summed E-state index contributed by atoms with van der Waals surface area (Å²) in [6, 6.07) is 8.43. The van der Waals surface area contributed by atoms with E-state index in [1.807, 2.05) is 26.0 Å². The molecule has 0 fully saturated rings. The number of fused-ring (bicyclic) bond motifs is 1. The van der Waals surface area contributed by atoms with E-state index in [4.69, 9.17) is 6.42 Å². The van der Waals surface area contributed by atoms with Gasteiger partial charge in [0.25, 0.3) is 0 Å². The Hall–Kier alpha value is -1.95. The van der Waals surface area contributed by atoms with Gasteiger partial charge in [0.2, 0.25) is 0 Å². The van der Waals surface area contributed by atoms with Crippen molar-refractivity contribution in [3.8, 4) is 12.3 Å². The van der Waals surface area contributed by atoms with E-state index < -0.39 is 0 Å². The molecule has 2 rings (SSSR count). The molecule has 1 aliphatic carbocycles. The number of aryl methyl sites for hydroxylation is 1. The summed E-state index contributed by atoms with van der Waals surface area (Å²) in [6.45, 7) is 4.25. The van der Waals surface area contributed by atoms with Gasteiger partial charge in [-0.05, 0) is 37.8 Å². The fraction of sp³-hybridized carbons (Fsp3) is 0.438. The van der Waals surface area contributed by atoms with E-state index in [1.165, 1.54) is 11.1 Å². The Kier molecular flexibility index (Phi) is 4.11. The van der Waals surface area contributed by atoms with E-state index in [9.17, 15) is 4.79 Å². The minimum absolute atomic E-state index is 0.0744. The molecule has 1 N–H and O–H groups in total. The summed E-state index contributed by atoms with van der Waals surface area (Å²) in [5.41, 5.74) is 2.56. The number of urea groups is 1. The molecule has 0 spiro atoms. The Morgan fingerprint density at radius 2 is 2.26 bits per heavy atom. The largest absolute Gasteiger partial charge is 0.336 e. The summed E-state index contributed by atoms with van der Waals surface area (Å²) in [7, 11) is 0. The molecule has 3 heteroatoms. The second-order valence-electron chi connectivity index (χ2n) is 5.19. The summed E-state index contributed by atoms with van der Waals surface area (Å²) in [5.74, 6) is 2.59. The van der Waals surface area contributed by atoms with Crippen LogP contribution in [-0.2, 0) is 6.42 Å². The molecule has 0 unspecified atom stereocenters. The number of benzene rings is 1. The zero-order valence-electron chi connectivity index (χ0n) is 11.5. The monoisotopic (exact) mass is 256 g/mol. The van der Waals surface area contributed by atoms with E-state index in [0.29, 0.717) is 6.54 Å². The number of carbonyl (C=O) groups is 1. The maximum atomic E-state index is 12.3. The van der Waals surface area contributed by atoms with E-state index in [1.54, 1.807) is 4.90 Å². The molecule has 0 aliphatic heterocycles. The highest BCUT2D eigenvalue weighted by Gasteiger charge is 2.30. The van der Waals surface area contributed by atoms with Crippen LogP contribution in [-0.4, -0.2) is 23.5 Å². The predicted octanol–water partition coefficient (Wildman–Crippen LogP) is 2.73. The fourth-order valence-corrected chi connectivity index (χ4v) is 2.61. The first-order valence-corrected chi connectivity index (χ1v) is 6.72. The van der Waals surface area contributed by atoms with Gasteiger partial charge in [0, 0.05) is 6.04 Å². The lowest BCUT2D eigenvalue weighted by molar-refractivity contribution is 0.180. The average Bonchev–Trinajstić information content (AvgIpc) is 2.78. The van der Waals surface area contributed by atoms with Gasteiger partial charge in [0.05, 0.1) is 12.6 Å². The topological polar surface area (TPSA) is 32.3 Å². The number of amides is 2. The second kappa shape index (κ2) is 5.79. The molecule has 0 bridgehead atoms. The number of nitrogens with zero attached hydrogens (tertiary/aromatic N) is 1. The number of rotatable bonds is 3. The van der Waals surface area contributed by atoms with Crippen molar-refractivity contribution in [3.63, 3.8) is 0 Å². The van der Waals surface area contributed by atoms with Crippen LogP contribution in [0.3, 0.4) is 0 Å². The molecule has 0 heterocycles. The maximum Gasteiger partial charge on any atom is 0.318 e. The van der Waals surface area contributed by atoms with Gasteiger partial charge in [-0.1, -0.05) is 30.2 Å². The maximum absolute atomic E-state index is 12.3. The smallest absolute Gasteiger partial charge is 0.318 e. The third kappa shape index (κ3) is 2.90. The minimum atomic E-state index is -0.0744. The van der Waals surface area contributed by atoms with Crippen molar-refractivity contribution in [1.82, 2.24) is 10.2 Å². The van der Waals surface area contributed by atoms with Gasteiger partial charge in [0.1, 0.15) is 0 Å². The molecule has 0 saturated carbocycles. The highest BCUT2D eigenvalue weighted by Crippen LogP contribution is 2.35. The Morgan fingerprint density at radius 3 is 2.95 bits per heavy atom. The third-order valence-electron chi connectivity index (χ3n) is 3.41. The van der Waals surface area contributed by atoms with Crippen LogP contribution in [0.25, 0.3) is 0 Å². The molecule has 100 valence electrons. The summed E-state index contributed by atoms with van der Waals surface area (Å²) < 4.78 is 0. The van der Waals surface area contributed by atoms with Crippen LogP contribution < -0.4 is 5.32 Å². The van der Waals surface area contributed by atoms with Crippen LogP contribution in [0.5, 0.6) is 0 Å². The molecule has 1 aromatic carbocycles. The van der Waals surface area contributed by atoms with Gasteiger partial charge >= 0.3 is 6.03 Å².